The van der Waals surface area contributed by atoms with Crippen molar-refractivity contribution in [2.45, 2.75) is 27.2 Å². The Kier molecular flexibility index (Phi) is 9.28. The fourth-order valence-corrected chi connectivity index (χ4v) is 5.33. The van der Waals surface area contributed by atoms with Gasteiger partial charge >= 0.3 is 5.97 Å². The molecular formula is C36H35N3O6. The lowest BCUT2D eigenvalue weighted by Gasteiger charge is -2.26. The van der Waals surface area contributed by atoms with Gasteiger partial charge in [0, 0.05) is 24.1 Å². The number of ether oxygens (including phenoxy) is 2. The summed E-state index contributed by atoms with van der Waals surface area (Å²) in [6.07, 6.45) is 0.0184. The quantitative estimate of drug-likeness (QED) is 0.241. The molecule has 1 aliphatic rings. The van der Waals surface area contributed by atoms with Crippen LogP contribution in [0.2, 0.25) is 0 Å². The molecule has 5 rings (SSSR count). The number of esters is 1. The van der Waals surface area contributed by atoms with Crippen LogP contribution in [0.1, 0.15) is 45.2 Å². The molecule has 0 saturated heterocycles. The van der Waals surface area contributed by atoms with Crippen LogP contribution in [0.15, 0.2) is 84.9 Å². The molecule has 9 nitrogen and oxygen atoms in total. The number of benzene rings is 4. The fourth-order valence-electron chi connectivity index (χ4n) is 5.33. The number of amides is 3. The highest BCUT2D eigenvalue weighted by Gasteiger charge is 2.31. The van der Waals surface area contributed by atoms with Gasteiger partial charge in [-0.1, -0.05) is 54.1 Å². The Morgan fingerprint density at radius 1 is 0.867 bits per heavy atom. The molecular weight excluding hydrogens is 570 g/mol. The minimum Gasteiger partial charge on any atom is -0.495 e. The summed E-state index contributed by atoms with van der Waals surface area (Å²) in [6.45, 7) is 5.65. The Labute approximate surface area is 262 Å². The monoisotopic (exact) mass is 605 g/mol. The maximum atomic E-state index is 13.9. The van der Waals surface area contributed by atoms with E-state index in [4.69, 9.17) is 9.47 Å². The van der Waals surface area contributed by atoms with Crippen LogP contribution in [0, 0.1) is 13.8 Å². The van der Waals surface area contributed by atoms with Crippen LogP contribution >= 0.6 is 0 Å². The molecule has 1 N–H and O–H groups in total. The smallest absolute Gasteiger partial charge is 0.326 e. The SMILES string of the molecule is CCOC(=O)CN1C(=O)CCN(C(=O)c2ccc(NC(=O)c3ccccc3-c3ccc(C)cc3)c(OC)c2)c2ccc(C)cc21. The number of aryl methyl sites for hydroxylation is 2. The first-order valence-electron chi connectivity index (χ1n) is 14.7. The molecule has 4 aromatic carbocycles. The van der Waals surface area contributed by atoms with Crippen molar-refractivity contribution in [3.63, 3.8) is 0 Å². The highest BCUT2D eigenvalue weighted by Crippen LogP contribution is 2.36. The zero-order valence-corrected chi connectivity index (χ0v) is 25.8. The van der Waals surface area contributed by atoms with Crippen molar-refractivity contribution >= 4 is 40.8 Å². The normalized spacial score (nSPS) is 12.7. The minimum atomic E-state index is -0.526. The van der Waals surface area contributed by atoms with Gasteiger partial charge < -0.3 is 19.7 Å². The molecule has 0 aliphatic carbocycles. The molecule has 0 saturated carbocycles. The van der Waals surface area contributed by atoms with Crippen LogP contribution < -0.4 is 19.9 Å². The predicted molar refractivity (Wildman–Crippen MR) is 174 cm³/mol. The van der Waals surface area contributed by atoms with E-state index in [1.165, 1.54) is 16.9 Å². The first kappa shape index (κ1) is 31.0. The van der Waals surface area contributed by atoms with E-state index in [1.54, 1.807) is 43.3 Å². The molecule has 0 atom stereocenters. The van der Waals surface area contributed by atoms with E-state index >= 15 is 0 Å². The fraction of sp³-hybridized carbons (Fsp3) is 0.222. The highest BCUT2D eigenvalue weighted by molar-refractivity contribution is 6.13. The van der Waals surface area contributed by atoms with Crippen LogP contribution in [0.25, 0.3) is 11.1 Å². The highest BCUT2D eigenvalue weighted by atomic mass is 16.5. The summed E-state index contributed by atoms with van der Waals surface area (Å²) in [7, 11) is 1.47. The first-order chi connectivity index (χ1) is 21.7. The number of nitrogens with one attached hydrogen (secondary N) is 1. The molecule has 1 heterocycles. The molecule has 45 heavy (non-hydrogen) atoms. The topological polar surface area (TPSA) is 105 Å². The number of hydrogen-bond donors (Lipinski definition) is 1. The summed E-state index contributed by atoms with van der Waals surface area (Å²) < 4.78 is 10.7. The van der Waals surface area contributed by atoms with Crippen molar-refractivity contribution in [2.24, 2.45) is 0 Å². The van der Waals surface area contributed by atoms with Crippen LogP contribution in [0.5, 0.6) is 5.75 Å². The number of carbonyl (C=O) groups excluding carboxylic acids is 4. The van der Waals surface area contributed by atoms with Crippen molar-refractivity contribution in [2.75, 3.05) is 41.9 Å². The van der Waals surface area contributed by atoms with Gasteiger partial charge in [-0.25, -0.2) is 0 Å². The minimum absolute atomic E-state index is 0.0184. The van der Waals surface area contributed by atoms with Crippen molar-refractivity contribution in [3.8, 4) is 16.9 Å². The number of carbonyl (C=O) groups is 4. The standard InChI is InChI=1S/C36H35N3O6/c1-5-45-34(41)22-39-31-20-24(3)12-17-30(31)38(19-18-33(39)40)36(43)26-15-16-29(32(21-26)44-4)37-35(42)28-9-7-6-8-27(28)25-13-10-23(2)11-14-25/h6-17,20-21H,5,18-19,22H2,1-4H3,(H,37,42). The Morgan fingerprint density at radius 3 is 2.33 bits per heavy atom. The maximum Gasteiger partial charge on any atom is 0.326 e. The second kappa shape index (κ2) is 13.5. The summed E-state index contributed by atoms with van der Waals surface area (Å²) in [4.78, 5) is 55.8. The molecule has 4 aromatic rings. The van der Waals surface area contributed by atoms with Crippen molar-refractivity contribution in [1.29, 1.82) is 0 Å². The first-order valence-corrected chi connectivity index (χ1v) is 14.7. The zero-order chi connectivity index (χ0) is 32.1. The third-order valence-corrected chi connectivity index (χ3v) is 7.63. The summed E-state index contributed by atoms with van der Waals surface area (Å²) in [5.74, 6) is -1.18. The number of methoxy groups -OCH3 is 1. The summed E-state index contributed by atoms with van der Waals surface area (Å²) in [6, 6.07) is 25.5. The van der Waals surface area contributed by atoms with E-state index in [2.05, 4.69) is 5.32 Å². The van der Waals surface area contributed by atoms with Crippen molar-refractivity contribution < 1.29 is 28.7 Å². The predicted octanol–water partition coefficient (Wildman–Crippen LogP) is 6.18. The van der Waals surface area contributed by atoms with Gasteiger partial charge in [-0.3, -0.25) is 24.1 Å². The Balaban J connectivity index is 1.42. The van der Waals surface area contributed by atoms with E-state index in [9.17, 15) is 19.2 Å². The van der Waals surface area contributed by atoms with Gasteiger partial charge in [0.1, 0.15) is 12.3 Å². The van der Waals surface area contributed by atoms with E-state index in [-0.39, 0.29) is 43.8 Å². The zero-order valence-electron chi connectivity index (χ0n) is 25.8. The Hall–Kier alpha value is -5.44. The van der Waals surface area contributed by atoms with E-state index < -0.39 is 5.97 Å². The molecule has 0 bridgehead atoms. The molecule has 0 radical (unpaired) electrons. The average molecular weight is 606 g/mol. The third-order valence-electron chi connectivity index (χ3n) is 7.63. The molecule has 1 aliphatic heterocycles. The summed E-state index contributed by atoms with van der Waals surface area (Å²) in [5, 5.41) is 2.93. The molecule has 0 spiro atoms. The molecule has 9 heteroatoms. The largest absolute Gasteiger partial charge is 0.495 e. The molecule has 0 unspecified atom stereocenters. The lowest BCUT2D eigenvalue weighted by Crippen LogP contribution is -2.36. The molecule has 0 aromatic heterocycles. The second-order valence-corrected chi connectivity index (χ2v) is 10.8. The maximum absolute atomic E-state index is 13.9. The number of anilines is 3. The molecule has 230 valence electrons. The second-order valence-electron chi connectivity index (χ2n) is 10.8. The van der Waals surface area contributed by atoms with Gasteiger partial charge in [-0.2, -0.15) is 0 Å². The number of rotatable bonds is 8. The number of nitrogens with zero attached hydrogens (tertiary/aromatic N) is 2. The summed E-state index contributed by atoms with van der Waals surface area (Å²) in [5.41, 5.74) is 5.88. The van der Waals surface area contributed by atoms with Gasteiger partial charge in [0.15, 0.2) is 0 Å². The van der Waals surface area contributed by atoms with Crippen LogP contribution in [0.4, 0.5) is 17.1 Å². The van der Waals surface area contributed by atoms with Gasteiger partial charge in [-0.15, -0.1) is 0 Å². The van der Waals surface area contributed by atoms with Crippen molar-refractivity contribution in [3.05, 3.63) is 107 Å². The van der Waals surface area contributed by atoms with Gasteiger partial charge in [-0.05, 0) is 73.9 Å². The Morgan fingerprint density at radius 2 is 1.60 bits per heavy atom. The molecule has 3 amide bonds. The van der Waals surface area contributed by atoms with E-state index in [0.717, 1.165) is 22.3 Å². The lowest BCUT2D eigenvalue weighted by molar-refractivity contribution is -0.142. The third kappa shape index (κ3) is 6.72. The Bertz CT molecular complexity index is 1770. The van der Waals surface area contributed by atoms with Crippen LogP contribution in [-0.4, -0.2) is 50.5 Å². The average Bonchev–Trinajstić information content (AvgIpc) is 3.17. The number of fused-ring (bicyclic) bond motifs is 1. The van der Waals surface area contributed by atoms with Gasteiger partial charge in [0.25, 0.3) is 11.8 Å². The molecule has 0 fully saturated rings. The van der Waals surface area contributed by atoms with Crippen LogP contribution in [-0.2, 0) is 14.3 Å². The van der Waals surface area contributed by atoms with E-state index in [1.807, 2.05) is 62.4 Å². The lowest BCUT2D eigenvalue weighted by atomic mass is 9.98. The van der Waals surface area contributed by atoms with Gasteiger partial charge in [0.2, 0.25) is 5.91 Å². The summed E-state index contributed by atoms with van der Waals surface area (Å²) >= 11 is 0. The van der Waals surface area contributed by atoms with E-state index in [0.29, 0.717) is 33.9 Å². The van der Waals surface area contributed by atoms with Crippen LogP contribution in [0.3, 0.4) is 0 Å². The number of hydrogen-bond acceptors (Lipinski definition) is 6. The van der Waals surface area contributed by atoms with Gasteiger partial charge in [0.05, 0.1) is 30.8 Å². The van der Waals surface area contributed by atoms with Crippen molar-refractivity contribution in [1.82, 2.24) is 0 Å².